The standard InChI is InChI=1S/C6H8O7.C3H6O3.4K/c7-3(8)1-6(13,5(11)12)2-4(9)10;1-2(4)3(5)6;;;;/h13H,1-2H2,(H,7,8)(H,9,10)(H,11,12);2,4H,1H3,(H,5,6);;;;/q;;4*+1/p-4. The van der Waals surface area contributed by atoms with E-state index in [2.05, 4.69) is 0 Å². The molecule has 0 aliphatic rings. The summed E-state index contributed by atoms with van der Waals surface area (Å²) in [6.07, 6.45) is -4.06. The predicted molar refractivity (Wildman–Crippen MR) is 45.9 cm³/mol. The molecule has 0 aliphatic carbocycles. The van der Waals surface area contributed by atoms with Gasteiger partial charge in [-0.15, -0.1) is 0 Å². The topological polar surface area (TPSA) is 201 Å². The first kappa shape index (κ1) is 41.7. The zero-order valence-corrected chi connectivity index (χ0v) is 26.1. The second-order valence-corrected chi connectivity index (χ2v) is 3.41. The van der Waals surface area contributed by atoms with Crippen molar-refractivity contribution in [1.82, 2.24) is 0 Å². The zero-order chi connectivity index (χ0) is 15.8. The van der Waals surface area contributed by atoms with Crippen molar-refractivity contribution in [3.05, 3.63) is 0 Å². The molecule has 0 aromatic heterocycles. The SMILES string of the molecule is CC(O)C(=O)[O-].O=C([O-])CC(O)(CC(=O)[O-])C(=O)[O-].[K+].[K+].[K+].[K+]. The molecule has 10 nitrogen and oxygen atoms in total. The number of carboxylic acids is 4. The van der Waals surface area contributed by atoms with Crippen molar-refractivity contribution in [2.45, 2.75) is 31.5 Å². The van der Waals surface area contributed by atoms with Crippen LogP contribution in [0.3, 0.4) is 0 Å². The summed E-state index contributed by atoms with van der Waals surface area (Å²) < 4.78 is 0. The van der Waals surface area contributed by atoms with E-state index >= 15 is 0 Å². The van der Waals surface area contributed by atoms with Gasteiger partial charge in [-0.25, -0.2) is 0 Å². The van der Waals surface area contributed by atoms with E-state index in [9.17, 15) is 39.6 Å². The molecule has 110 valence electrons. The van der Waals surface area contributed by atoms with Crippen molar-refractivity contribution in [3.8, 4) is 0 Å². The van der Waals surface area contributed by atoms with Crippen LogP contribution >= 0.6 is 0 Å². The Labute approximate surface area is 302 Å². The molecule has 0 radical (unpaired) electrons. The molecule has 23 heavy (non-hydrogen) atoms. The van der Waals surface area contributed by atoms with E-state index in [1.807, 2.05) is 0 Å². The monoisotopic (exact) mass is 434 g/mol. The van der Waals surface area contributed by atoms with Crippen LogP contribution in [-0.4, -0.2) is 45.8 Å². The number of aliphatic hydroxyl groups is 2. The van der Waals surface area contributed by atoms with Gasteiger partial charge in [0.15, 0.2) is 0 Å². The van der Waals surface area contributed by atoms with Crippen LogP contribution in [0.4, 0.5) is 0 Å². The van der Waals surface area contributed by atoms with Crippen LogP contribution in [0.15, 0.2) is 0 Å². The van der Waals surface area contributed by atoms with Crippen LogP contribution in [-0.2, 0) is 19.2 Å². The first-order valence-electron chi connectivity index (χ1n) is 4.65. The molecule has 0 aliphatic heterocycles. The molecular formula is C9H10K4O10. The van der Waals surface area contributed by atoms with E-state index in [0.717, 1.165) is 6.92 Å². The fraction of sp³-hybridized carbons (Fsp3) is 0.556. The second kappa shape index (κ2) is 22.6. The van der Waals surface area contributed by atoms with Gasteiger partial charge in [-0.3, -0.25) is 0 Å². The van der Waals surface area contributed by atoms with Crippen molar-refractivity contribution < 1.29 is 255 Å². The predicted octanol–water partition coefficient (Wildman–Crippen LogP) is -19.1. The van der Waals surface area contributed by atoms with Crippen LogP contribution in [0, 0.1) is 0 Å². The molecule has 0 aromatic rings. The van der Waals surface area contributed by atoms with E-state index in [4.69, 9.17) is 10.2 Å². The summed E-state index contributed by atoms with van der Waals surface area (Å²) in [6.45, 7) is 1.13. The van der Waals surface area contributed by atoms with Gasteiger partial charge in [0.25, 0.3) is 0 Å². The van der Waals surface area contributed by atoms with Gasteiger partial charge in [0.05, 0.1) is 18.0 Å². The van der Waals surface area contributed by atoms with Crippen molar-refractivity contribution in [1.29, 1.82) is 0 Å². The minimum Gasteiger partial charge on any atom is -0.550 e. The summed E-state index contributed by atoms with van der Waals surface area (Å²) in [5, 5.41) is 56.2. The molecule has 1 atom stereocenters. The number of hydrogen-bond donors (Lipinski definition) is 2. The maximum Gasteiger partial charge on any atom is 1.00 e. The van der Waals surface area contributed by atoms with Crippen LogP contribution in [0.1, 0.15) is 19.8 Å². The van der Waals surface area contributed by atoms with Crippen molar-refractivity contribution in [3.63, 3.8) is 0 Å². The third-order valence-electron chi connectivity index (χ3n) is 1.59. The number of carboxylic acid groups (broad SMARTS) is 4. The van der Waals surface area contributed by atoms with Crippen molar-refractivity contribution >= 4 is 23.9 Å². The van der Waals surface area contributed by atoms with E-state index in [0.29, 0.717) is 0 Å². The molecule has 0 saturated carbocycles. The van der Waals surface area contributed by atoms with Crippen molar-refractivity contribution in [2.75, 3.05) is 0 Å². The molecule has 0 saturated heterocycles. The van der Waals surface area contributed by atoms with E-state index in [-0.39, 0.29) is 206 Å². The first-order chi connectivity index (χ1) is 8.42. The van der Waals surface area contributed by atoms with E-state index in [1.54, 1.807) is 0 Å². The Balaban J connectivity index is -0.0000000635. The quantitative estimate of drug-likeness (QED) is 0.378. The van der Waals surface area contributed by atoms with Crippen LogP contribution < -0.4 is 226 Å². The average molecular weight is 435 g/mol. The summed E-state index contributed by atoms with van der Waals surface area (Å²) >= 11 is 0. The van der Waals surface area contributed by atoms with Crippen LogP contribution in [0.25, 0.3) is 0 Å². The summed E-state index contributed by atoms with van der Waals surface area (Å²) in [6, 6.07) is 0. The molecular weight excluding hydrogens is 424 g/mol. The maximum atomic E-state index is 10.1. The number of carbonyl (C=O) groups excluding carboxylic acids is 4. The third-order valence-corrected chi connectivity index (χ3v) is 1.59. The maximum absolute atomic E-state index is 10.1. The number of aliphatic carboxylic acids is 4. The Hall–Kier alpha value is 4.35. The Bertz CT molecular complexity index is 357. The second-order valence-electron chi connectivity index (χ2n) is 3.41. The molecule has 0 aromatic carbocycles. The van der Waals surface area contributed by atoms with Gasteiger partial charge in [-0.2, -0.15) is 0 Å². The van der Waals surface area contributed by atoms with Gasteiger partial charge in [0, 0.05) is 24.8 Å². The zero-order valence-electron chi connectivity index (χ0n) is 13.7. The van der Waals surface area contributed by atoms with Gasteiger partial charge >= 0.3 is 206 Å². The van der Waals surface area contributed by atoms with Gasteiger partial charge in [-0.1, -0.05) is 0 Å². The Morgan fingerprint density at radius 3 is 1.17 bits per heavy atom. The first-order valence-corrected chi connectivity index (χ1v) is 4.65. The Morgan fingerprint density at radius 1 is 0.870 bits per heavy atom. The molecule has 1 unspecified atom stereocenters. The van der Waals surface area contributed by atoms with Crippen LogP contribution in [0.2, 0.25) is 0 Å². The average Bonchev–Trinajstić information content (AvgIpc) is 2.14. The summed E-state index contributed by atoms with van der Waals surface area (Å²) in [5.74, 6) is -7.42. The number of hydrogen-bond acceptors (Lipinski definition) is 10. The van der Waals surface area contributed by atoms with Gasteiger partial charge < -0.3 is 49.8 Å². The summed E-state index contributed by atoms with van der Waals surface area (Å²) in [4.78, 5) is 39.3. The fourth-order valence-corrected chi connectivity index (χ4v) is 0.684. The minimum atomic E-state index is -2.97. The summed E-state index contributed by atoms with van der Waals surface area (Å²) in [7, 11) is 0. The number of rotatable bonds is 6. The minimum absolute atomic E-state index is 0. The largest absolute Gasteiger partial charge is 1.00 e. The number of aliphatic hydroxyl groups excluding tert-OH is 1. The van der Waals surface area contributed by atoms with E-state index < -0.39 is 48.4 Å². The number of carbonyl (C=O) groups is 4. The van der Waals surface area contributed by atoms with Gasteiger partial charge in [-0.05, 0) is 6.92 Å². The molecule has 2 N–H and O–H groups in total. The Morgan fingerprint density at radius 2 is 1.09 bits per heavy atom. The van der Waals surface area contributed by atoms with Gasteiger partial charge in [0.1, 0.15) is 5.60 Å². The summed E-state index contributed by atoms with van der Waals surface area (Å²) in [5.41, 5.74) is -2.97. The molecule has 0 heterocycles. The van der Waals surface area contributed by atoms with Gasteiger partial charge in [0.2, 0.25) is 0 Å². The smallest absolute Gasteiger partial charge is 0.550 e. The molecule has 0 bridgehead atoms. The molecule has 0 fully saturated rings. The van der Waals surface area contributed by atoms with E-state index in [1.165, 1.54) is 0 Å². The molecule has 0 spiro atoms. The fourth-order valence-electron chi connectivity index (χ4n) is 0.684. The normalized spacial score (nSPS) is 9.70. The van der Waals surface area contributed by atoms with Crippen molar-refractivity contribution in [2.24, 2.45) is 0 Å². The molecule has 0 rings (SSSR count). The van der Waals surface area contributed by atoms with Crippen LogP contribution in [0.5, 0.6) is 0 Å². The molecule has 14 heteroatoms. The Kier molecular flexibility index (Phi) is 41.0. The molecule has 0 amide bonds. The third kappa shape index (κ3) is 26.3.